The smallest absolute Gasteiger partial charge is 0.191 e. The molecule has 1 saturated carbocycles. The fraction of sp³-hybridized carbons (Fsp3) is 0.750. The molecule has 6 nitrogen and oxygen atoms in total. The molecule has 0 amide bonds. The Hall–Kier alpha value is -0.830. The van der Waals surface area contributed by atoms with Crippen LogP contribution in [0.3, 0.4) is 0 Å². The lowest BCUT2D eigenvalue weighted by atomic mass is 10.2. The number of nitrogens with one attached hydrogen (secondary N) is 2. The molecule has 23 heavy (non-hydrogen) atoms. The summed E-state index contributed by atoms with van der Waals surface area (Å²) in [7, 11) is 0. The van der Waals surface area contributed by atoms with Crippen LogP contribution >= 0.6 is 24.0 Å². The second-order valence-electron chi connectivity index (χ2n) is 6.18. The van der Waals surface area contributed by atoms with Gasteiger partial charge in [0.05, 0.1) is 19.0 Å². The van der Waals surface area contributed by atoms with Gasteiger partial charge in [-0.25, -0.2) is 4.98 Å². The predicted octanol–water partition coefficient (Wildman–Crippen LogP) is 2.16. The highest BCUT2D eigenvalue weighted by molar-refractivity contribution is 14.0. The minimum absolute atomic E-state index is 0. The van der Waals surface area contributed by atoms with Gasteiger partial charge in [-0.05, 0) is 25.7 Å². The standard InChI is InChI=1S/C16H27N5O.HI/c1-2-5-14(4-1)20-16(19-12-15-6-3-11-22-15)18-8-10-21-9-7-17-13-21;/h7,9,13-15H,1-6,8,10-12H2,(H2,18,19,20);1H. The highest BCUT2D eigenvalue weighted by Crippen LogP contribution is 2.17. The van der Waals surface area contributed by atoms with Gasteiger partial charge >= 0.3 is 0 Å². The number of aromatic nitrogens is 2. The molecule has 0 spiro atoms. The molecule has 2 aliphatic rings. The van der Waals surface area contributed by atoms with Crippen LogP contribution in [-0.2, 0) is 11.3 Å². The zero-order valence-corrected chi connectivity index (χ0v) is 15.9. The average Bonchev–Trinajstić information content (AvgIpc) is 3.28. The molecule has 7 heteroatoms. The summed E-state index contributed by atoms with van der Waals surface area (Å²) in [4.78, 5) is 8.80. The highest BCUT2D eigenvalue weighted by atomic mass is 127. The van der Waals surface area contributed by atoms with Crippen LogP contribution in [-0.4, -0.2) is 47.4 Å². The van der Waals surface area contributed by atoms with Gasteiger partial charge in [-0.3, -0.25) is 4.99 Å². The number of ether oxygens (including phenoxy) is 1. The fourth-order valence-electron chi connectivity index (χ4n) is 3.12. The monoisotopic (exact) mass is 433 g/mol. The number of halogens is 1. The number of nitrogens with zero attached hydrogens (tertiary/aromatic N) is 3. The Morgan fingerprint density at radius 2 is 2.13 bits per heavy atom. The third-order valence-electron chi connectivity index (χ3n) is 4.39. The van der Waals surface area contributed by atoms with E-state index in [0.717, 1.165) is 38.6 Å². The summed E-state index contributed by atoms with van der Waals surface area (Å²) in [6.07, 6.45) is 13.4. The Morgan fingerprint density at radius 1 is 1.26 bits per heavy atom. The zero-order valence-electron chi connectivity index (χ0n) is 13.6. The number of aliphatic imine (C=N–C) groups is 1. The summed E-state index contributed by atoms with van der Waals surface area (Å²) in [5.74, 6) is 0.933. The molecule has 1 unspecified atom stereocenters. The van der Waals surface area contributed by atoms with Crippen LogP contribution in [0.4, 0.5) is 0 Å². The molecular formula is C16H28IN5O. The molecule has 2 fully saturated rings. The number of hydrogen-bond donors (Lipinski definition) is 2. The third kappa shape index (κ3) is 6.29. The number of imidazole rings is 1. The van der Waals surface area contributed by atoms with E-state index in [1.165, 1.54) is 32.1 Å². The maximum atomic E-state index is 5.66. The van der Waals surface area contributed by atoms with Gasteiger partial charge in [0, 0.05) is 38.1 Å². The third-order valence-corrected chi connectivity index (χ3v) is 4.39. The fourth-order valence-corrected chi connectivity index (χ4v) is 3.12. The minimum atomic E-state index is 0. The topological polar surface area (TPSA) is 63.5 Å². The molecule has 1 aliphatic heterocycles. The quantitative estimate of drug-likeness (QED) is 0.410. The second-order valence-corrected chi connectivity index (χ2v) is 6.18. The van der Waals surface area contributed by atoms with Gasteiger partial charge in [-0.15, -0.1) is 24.0 Å². The first-order chi connectivity index (χ1) is 10.9. The van der Waals surface area contributed by atoms with Crippen molar-refractivity contribution in [2.24, 2.45) is 4.99 Å². The summed E-state index contributed by atoms with van der Waals surface area (Å²) >= 11 is 0. The number of rotatable bonds is 6. The minimum Gasteiger partial charge on any atom is -0.376 e. The van der Waals surface area contributed by atoms with Gasteiger partial charge < -0.3 is 19.9 Å². The molecule has 3 rings (SSSR count). The lowest BCUT2D eigenvalue weighted by Crippen LogP contribution is -2.43. The molecule has 130 valence electrons. The van der Waals surface area contributed by atoms with Crippen LogP contribution in [0.25, 0.3) is 0 Å². The summed E-state index contributed by atoms with van der Waals surface area (Å²) in [5, 5.41) is 7.02. The van der Waals surface area contributed by atoms with Crippen molar-refractivity contribution in [1.82, 2.24) is 20.2 Å². The second kappa shape index (κ2) is 10.1. The van der Waals surface area contributed by atoms with Crippen molar-refractivity contribution in [3.8, 4) is 0 Å². The predicted molar refractivity (Wildman–Crippen MR) is 102 cm³/mol. The van der Waals surface area contributed by atoms with Crippen LogP contribution in [0.2, 0.25) is 0 Å². The first kappa shape index (κ1) is 18.5. The molecule has 1 saturated heterocycles. The van der Waals surface area contributed by atoms with Gasteiger partial charge in [-0.1, -0.05) is 12.8 Å². The maximum Gasteiger partial charge on any atom is 0.191 e. The first-order valence-electron chi connectivity index (χ1n) is 8.52. The number of hydrogen-bond acceptors (Lipinski definition) is 3. The largest absolute Gasteiger partial charge is 0.376 e. The van der Waals surface area contributed by atoms with E-state index in [9.17, 15) is 0 Å². The van der Waals surface area contributed by atoms with E-state index in [0.29, 0.717) is 12.1 Å². The molecule has 1 aliphatic carbocycles. The summed E-state index contributed by atoms with van der Waals surface area (Å²) in [5.41, 5.74) is 0. The Labute approximate surface area is 155 Å². The molecule has 0 bridgehead atoms. The molecule has 1 aromatic rings. The molecule has 0 aromatic carbocycles. The van der Waals surface area contributed by atoms with Crippen LogP contribution in [0.15, 0.2) is 23.7 Å². The Bertz CT molecular complexity index is 453. The van der Waals surface area contributed by atoms with E-state index in [1.807, 2.05) is 18.7 Å². The maximum absolute atomic E-state index is 5.66. The van der Waals surface area contributed by atoms with Gasteiger partial charge in [0.1, 0.15) is 0 Å². The summed E-state index contributed by atoms with van der Waals surface area (Å²) < 4.78 is 7.73. The van der Waals surface area contributed by atoms with Crippen molar-refractivity contribution in [1.29, 1.82) is 0 Å². The summed E-state index contributed by atoms with van der Waals surface area (Å²) in [6.45, 7) is 3.39. The highest BCUT2D eigenvalue weighted by Gasteiger charge is 2.18. The SMILES string of the molecule is I.c1cn(CCNC(=NCC2CCCO2)NC2CCCC2)cn1. The zero-order chi connectivity index (χ0) is 15.0. The molecule has 2 N–H and O–H groups in total. The van der Waals surface area contributed by atoms with Crippen molar-refractivity contribution in [2.45, 2.75) is 57.2 Å². The van der Waals surface area contributed by atoms with Crippen molar-refractivity contribution in [3.05, 3.63) is 18.7 Å². The van der Waals surface area contributed by atoms with E-state index in [1.54, 1.807) is 0 Å². The van der Waals surface area contributed by atoms with Crippen LogP contribution in [0.1, 0.15) is 38.5 Å². The van der Waals surface area contributed by atoms with E-state index in [4.69, 9.17) is 9.73 Å². The van der Waals surface area contributed by atoms with Crippen molar-refractivity contribution in [2.75, 3.05) is 19.7 Å². The normalized spacial score (nSPS) is 22.1. The van der Waals surface area contributed by atoms with Gasteiger partial charge in [0.2, 0.25) is 0 Å². The van der Waals surface area contributed by atoms with Crippen molar-refractivity contribution >= 4 is 29.9 Å². The van der Waals surface area contributed by atoms with E-state index in [2.05, 4.69) is 20.2 Å². The van der Waals surface area contributed by atoms with Crippen LogP contribution in [0.5, 0.6) is 0 Å². The Morgan fingerprint density at radius 3 is 2.83 bits per heavy atom. The van der Waals surface area contributed by atoms with Gasteiger partial charge in [0.25, 0.3) is 0 Å². The summed E-state index contributed by atoms with van der Waals surface area (Å²) in [6, 6.07) is 0.573. The van der Waals surface area contributed by atoms with E-state index in [-0.39, 0.29) is 24.0 Å². The molecular weight excluding hydrogens is 405 g/mol. The van der Waals surface area contributed by atoms with Crippen molar-refractivity contribution < 1.29 is 4.74 Å². The molecule has 1 atom stereocenters. The lowest BCUT2D eigenvalue weighted by molar-refractivity contribution is 0.117. The average molecular weight is 433 g/mol. The Kier molecular flexibility index (Phi) is 8.14. The van der Waals surface area contributed by atoms with Crippen molar-refractivity contribution in [3.63, 3.8) is 0 Å². The van der Waals surface area contributed by atoms with Crippen LogP contribution < -0.4 is 10.6 Å². The first-order valence-corrected chi connectivity index (χ1v) is 8.52. The Balaban J connectivity index is 0.00000192. The molecule has 1 aromatic heterocycles. The van der Waals surface area contributed by atoms with Gasteiger partial charge in [0.15, 0.2) is 5.96 Å². The molecule has 2 heterocycles. The van der Waals surface area contributed by atoms with Gasteiger partial charge in [-0.2, -0.15) is 0 Å². The van der Waals surface area contributed by atoms with E-state index < -0.39 is 0 Å². The van der Waals surface area contributed by atoms with Crippen LogP contribution in [0, 0.1) is 0 Å². The molecule has 0 radical (unpaired) electrons. The lowest BCUT2D eigenvalue weighted by Gasteiger charge is -2.18. The number of guanidine groups is 1. The van der Waals surface area contributed by atoms with E-state index >= 15 is 0 Å².